The van der Waals surface area contributed by atoms with Gasteiger partial charge < -0.3 is 10.1 Å². The maximum absolute atomic E-state index is 14.0. The highest BCUT2D eigenvalue weighted by Gasteiger charge is 2.49. The predicted molar refractivity (Wildman–Crippen MR) is 92.6 cm³/mol. The number of ether oxygens (including phenoxy) is 1. The van der Waals surface area contributed by atoms with Gasteiger partial charge in [-0.3, -0.25) is 0 Å². The Bertz CT molecular complexity index is 748. The lowest BCUT2D eigenvalue weighted by molar-refractivity contribution is 0.0539. The Morgan fingerprint density at radius 3 is 2.78 bits per heavy atom. The summed E-state index contributed by atoms with van der Waals surface area (Å²) < 4.78 is 21.0. The molecule has 4 rings (SSSR count). The lowest BCUT2D eigenvalue weighted by Crippen LogP contribution is -2.48. The summed E-state index contributed by atoms with van der Waals surface area (Å²) in [7, 11) is 0. The van der Waals surface area contributed by atoms with Crippen LogP contribution in [0.1, 0.15) is 24.0 Å². The molecule has 0 aromatic heterocycles. The van der Waals surface area contributed by atoms with Crippen LogP contribution in [-0.4, -0.2) is 12.6 Å². The van der Waals surface area contributed by atoms with Crippen molar-refractivity contribution < 1.29 is 9.13 Å². The van der Waals surface area contributed by atoms with Crippen molar-refractivity contribution in [3.63, 3.8) is 0 Å². The number of halogens is 3. The SMILES string of the molecule is Fc1cc2c(c(Br)c1Cl)CC(c1ccccc1)(C1CCCN1)O2. The molecule has 0 saturated carbocycles. The average Bonchev–Trinajstić information content (AvgIpc) is 3.22. The molecule has 23 heavy (non-hydrogen) atoms. The van der Waals surface area contributed by atoms with Crippen LogP contribution < -0.4 is 10.1 Å². The molecule has 2 nitrogen and oxygen atoms in total. The molecule has 2 atom stereocenters. The molecule has 2 aliphatic rings. The van der Waals surface area contributed by atoms with Gasteiger partial charge in [0.25, 0.3) is 0 Å². The summed E-state index contributed by atoms with van der Waals surface area (Å²) in [6, 6.07) is 11.8. The first kappa shape index (κ1) is 15.4. The molecule has 2 aliphatic heterocycles. The first-order valence-electron chi connectivity index (χ1n) is 7.76. The van der Waals surface area contributed by atoms with Crippen molar-refractivity contribution in [2.45, 2.75) is 30.9 Å². The maximum atomic E-state index is 14.0. The van der Waals surface area contributed by atoms with E-state index in [1.54, 1.807) is 0 Å². The number of benzene rings is 2. The second-order valence-corrected chi connectivity index (χ2v) is 7.32. The van der Waals surface area contributed by atoms with Crippen LogP contribution in [0.2, 0.25) is 5.02 Å². The number of rotatable bonds is 2. The smallest absolute Gasteiger partial charge is 0.153 e. The van der Waals surface area contributed by atoms with E-state index >= 15 is 0 Å². The Morgan fingerprint density at radius 2 is 2.09 bits per heavy atom. The minimum atomic E-state index is -0.514. The van der Waals surface area contributed by atoms with Gasteiger partial charge in [-0.25, -0.2) is 4.39 Å². The highest BCUT2D eigenvalue weighted by molar-refractivity contribution is 9.10. The number of nitrogens with one attached hydrogen (secondary N) is 1. The van der Waals surface area contributed by atoms with Crippen LogP contribution in [0.25, 0.3) is 0 Å². The van der Waals surface area contributed by atoms with Crippen LogP contribution in [-0.2, 0) is 12.0 Å². The first-order valence-corrected chi connectivity index (χ1v) is 8.93. The fourth-order valence-electron chi connectivity index (χ4n) is 3.72. The molecule has 120 valence electrons. The fraction of sp³-hybridized carbons (Fsp3) is 0.333. The van der Waals surface area contributed by atoms with Crippen LogP contribution in [0.4, 0.5) is 4.39 Å². The number of hydrogen-bond acceptors (Lipinski definition) is 2. The summed E-state index contributed by atoms with van der Waals surface area (Å²) in [5.41, 5.74) is 1.53. The molecule has 1 fully saturated rings. The largest absolute Gasteiger partial charge is 0.480 e. The molecular weight excluding hydrogens is 381 g/mol. The molecule has 0 spiro atoms. The third-order valence-electron chi connectivity index (χ3n) is 4.84. The number of hydrogen-bond donors (Lipinski definition) is 1. The van der Waals surface area contributed by atoms with E-state index in [0.717, 1.165) is 30.5 Å². The summed E-state index contributed by atoms with van der Waals surface area (Å²) in [4.78, 5) is 0. The molecule has 0 radical (unpaired) electrons. The Morgan fingerprint density at radius 1 is 1.30 bits per heavy atom. The van der Waals surface area contributed by atoms with Crippen molar-refractivity contribution in [3.05, 3.63) is 62.8 Å². The molecule has 2 heterocycles. The summed E-state index contributed by atoms with van der Waals surface area (Å²) >= 11 is 9.51. The Hall–Kier alpha value is -1.10. The normalized spacial score (nSPS) is 26.1. The summed E-state index contributed by atoms with van der Waals surface area (Å²) in [5.74, 6) is 0.122. The topological polar surface area (TPSA) is 21.3 Å². The summed E-state index contributed by atoms with van der Waals surface area (Å²) in [6.07, 6.45) is 2.83. The van der Waals surface area contributed by atoms with Gasteiger partial charge >= 0.3 is 0 Å². The molecule has 0 amide bonds. The van der Waals surface area contributed by atoms with Crippen LogP contribution >= 0.6 is 27.5 Å². The van der Waals surface area contributed by atoms with Gasteiger partial charge in [0, 0.05) is 22.5 Å². The van der Waals surface area contributed by atoms with Crippen LogP contribution in [0.5, 0.6) is 5.75 Å². The fourth-order valence-corrected chi connectivity index (χ4v) is 4.41. The van der Waals surface area contributed by atoms with Crippen LogP contribution in [0, 0.1) is 5.82 Å². The van der Waals surface area contributed by atoms with Crippen molar-refractivity contribution in [2.75, 3.05) is 6.54 Å². The molecule has 2 unspecified atom stereocenters. The Kier molecular flexibility index (Phi) is 3.87. The minimum absolute atomic E-state index is 0.121. The highest BCUT2D eigenvalue weighted by Crippen LogP contribution is 2.49. The van der Waals surface area contributed by atoms with Crippen molar-refractivity contribution in [3.8, 4) is 5.75 Å². The van der Waals surface area contributed by atoms with E-state index < -0.39 is 11.4 Å². The molecule has 2 aromatic rings. The van der Waals surface area contributed by atoms with Gasteiger partial charge in [0.2, 0.25) is 0 Å². The molecule has 2 aromatic carbocycles. The second-order valence-electron chi connectivity index (χ2n) is 6.15. The van der Waals surface area contributed by atoms with Crippen LogP contribution in [0.3, 0.4) is 0 Å². The van der Waals surface area contributed by atoms with Crippen molar-refractivity contribution in [2.24, 2.45) is 0 Å². The first-order chi connectivity index (χ1) is 11.1. The molecule has 1 saturated heterocycles. The second kappa shape index (κ2) is 5.76. The Labute approximate surface area is 148 Å². The van der Waals surface area contributed by atoms with Gasteiger partial charge in [-0.2, -0.15) is 0 Å². The zero-order chi connectivity index (χ0) is 16.0. The molecule has 0 bridgehead atoms. The van der Waals surface area contributed by atoms with E-state index in [4.69, 9.17) is 16.3 Å². The van der Waals surface area contributed by atoms with Crippen molar-refractivity contribution in [1.29, 1.82) is 0 Å². The van der Waals surface area contributed by atoms with Crippen molar-refractivity contribution >= 4 is 27.5 Å². The zero-order valence-corrected chi connectivity index (χ0v) is 14.8. The highest BCUT2D eigenvalue weighted by atomic mass is 79.9. The lowest BCUT2D eigenvalue weighted by atomic mass is 9.82. The average molecular weight is 397 g/mol. The molecule has 0 aliphatic carbocycles. The van der Waals surface area contributed by atoms with Gasteiger partial charge in [0.1, 0.15) is 11.6 Å². The van der Waals surface area contributed by atoms with Gasteiger partial charge in [0.05, 0.1) is 11.1 Å². The molecular formula is C18H16BrClFNO. The monoisotopic (exact) mass is 395 g/mol. The predicted octanol–water partition coefficient (Wildman–Crippen LogP) is 4.82. The summed E-state index contributed by atoms with van der Waals surface area (Å²) in [6.45, 7) is 0.981. The van der Waals surface area contributed by atoms with E-state index in [1.165, 1.54) is 6.07 Å². The van der Waals surface area contributed by atoms with E-state index in [-0.39, 0.29) is 11.1 Å². The zero-order valence-electron chi connectivity index (χ0n) is 12.4. The van der Waals surface area contributed by atoms with Crippen LogP contribution in [0.15, 0.2) is 40.9 Å². The van der Waals surface area contributed by atoms with E-state index in [9.17, 15) is 4.39 Å². The van der Waals surface area contributed by atoms with Gasteiger partial charge in [-0.05, 0) is 40.9 Å². The summed E-state index contributed by atoms with van der Waals surface area (Å²) in [5, 5.41) is 3.68. The quantitative estimate of drug-likeness (QED) is 0.735. The van der Waals surface area contributed by atoms with Gasteiger partial charge in [-0.1, -0.05) is 41.9 Å². The Balaban J connectivity index is 1.85. The standard InChI is InChI=1S/C18H16BrClFNO/c19-16-12-10-18(15-7-4-8-22-15,11-5-2-1-3-6-11)23-14(12)9-13(21)17(16)20/h1-3,5-6,9,15,22H,4,7-8,10H2. The third kappa shape index (κ3) is 2.39. The molecule has 1 N–H and O–H groups in total. The molecule has 5 heteroatoms. The minimum Gasteiger partial charge on any atom is -0.480 e. The van der Waals surface area contributed by atoms with Gasteiger partial charge in [-0.15, -0.1) is 0 Å². The van der Waals surface area contributed by atoms with E-state index in [1.807, 2.05) is 18.2 Å². The maximum Gasteiger partial charge on any atom is 0.153 e. The lowest BCUT2D eigenvalue weighted by Gasteiger charge is -2.35. The van der Waals surface area contributed by atoms with E-state index in [0.29, 0.717) is 16.6 Å². The van der Waals surface area contributed by atoms with E-state index in [2.05, 4.69) is 33.4 Å². The third-order valence-corrected chi connectivity index (χ3v) is 6.31. The number of fused-ring (bicyclic) bond motifs is 1. The van der Waals surface area contributed by atoms with Gasteiger partial charge in [0.15, 0.2) is 5.60 Å². The van der Waals surface area contributed by atoms with Crippen molar-refractivity contribution in [1.82, 2.24) is 5.32 Å².